The first-order valence-electron chi connectivity index (χ1n) is 4.54. The molecule has 70 valence electrons. The second-order valence-electron chi connectivity index (χ2n) is 3.14. The molecule has 2 heterocycles. The van der Waals surface area contributed by atoms with Gasteiger partial charge < -0.3 is 4.90 Å². The molecule has 0 saturated carbocycles. The molecule has 5 heteroatoms. The zero-order valence-electron chi connectivity index (χ0n) is 7.56. The molecule has 0 amide bonds. The second kappa shape index (κ2) is 3.55. The average molecular weight is 179 g/mol. The lowest BCUT2D eigenvalue weighted by atomic mass is 10.4. The summed E-state index contributed by atoms with van der Waals surface area (Å²) in [5.74, 6) is 0.873. The third-order valence-electron chi connectivity index (χ3n) is 2.20. The van der Waals surface area contributed by atoms with E-state index >= 15 is 0 Å². The number of hydrogen-bond donors (Lipinski definition) is 0. The minimum absolute atomic E-state index is 0.679. The normalized spacial score (nSPS) is 16.5. The SMILES string of the molecule is C=CCn1nnnc1N1CCCC1. The van der Waals surface area contributed by atoms with Crippen LogP contribution in [-0.4, -0.2) is 33.3 Å². The van der Waals surface area contributed by atoms with E-state index in [1.54, 1.807) is 10.8 Å². The Morgan fingerprint density at radius 2 is 2.15 bits per heavy atom. The van der Waals surface area contributed by atoms with Crippen molar-refractivity contribution in [2.75, 3.05) is 18.0 Å². The number of rotatable bonds is 3. The van der Waals surface area contributed by atoms with Crippen LogP contribution in [0.15, 0.2) is 12.7 Å². The maximum absolute atomic E-state index is 4.00. The maximum Gasteiger partial charge on any atom is 0.245 e. The summed E-state index contributed by atoms with van der Waals surface area (Å²) >= 11 is 0. The fraction of sp³-hybridized carbons (Fsp3) is 0.625. The predicted molar refractivity (Wildman–Crippen MR) is 49.5 cm³/mol. The fourth-order valence-corrected chi connectivity index (χ4v) is 1.58. The lowest BCUT2D eigenvalue weighted by Crippen LogP contribution is -2.22. The molecule has 0 atom stereocenters. The van der Waals surface area contributed by atoms with E-state index in [-0.39, 0.29) is 0 Å². The van der Waals surface area contributed by atoms with Gasteiger partial charge in [0.25, 0.3) is 0 Å². The lowest BCUT2D eigenvalue weighted by molar-refractivity contribution is 0.651. The number of tetrazole rings is 1. The Balaban J connectivity index is 2.17. The Kier molecular flexibility index (Phi) is 2.25. The molecule has 0 aliphatic carbocycles. The van der Waals surface area contributed by atoms with Crippen molar-refractivity contribution in [1.82, 2.24) is 20.2 Å². The Bertz CT molecular complexity index is 286. The van der Waals surface area contributed by atoms with Crippen molar-refractivity contribution in [2.24, 2.45) is 0 Å². The molecule has 0 aromatic carbocycles. The lowest BCUT2D eigenvalue weighted by Gasteiger charge is -2.14. The summed E-state index contributed by atoms with van der Waals surface area (Å²) in [7, 11) is 0. The number of hydrogen-bond acceptors (Lipinski definition) is 4. The highest BCUT2D eigenvalue weighted by molar-refractivity contribution is 5.29. The van der Waals surface area contributed by atoms with Gasteiger partial charge >= 0.3 is 0 Å². The second-order valence-corrected chi connectivity index (χ2v) is 3.14. The molecule has 1 aliphatic heterocycles. The number of anilines is 1. The number of nitrogens with zero attached hydrogens (tertiary/aromatic N) is 5. The van der Waals surface area contributed by atoms with Crippen molar-refractivity contribution in [1.29, 1.82) is 0 Å². The van der Waals surface area contributed by atoms with E-state index in [4.69, 9.17) is 0 Å². The van der Waals surface area contributed by atoms with Crippen LogP contribution in [0.25, 0.3) is 0 Å². The van der Waals surface area contributed by atoms with Gasteiger partial charge in [0.05, 0.1) is 6.54 Å². The van der Waals surface area contributed by atoms with Crippen molar-refractivity contribution >= 4 is 5.95 Å². The van der Waals surface area contributed by atoms with Crippen LogP contribution in [0.3, 0.4) is 0 Å². The molecule has 2 rings (SSSR count). The fourth-order valence-electron chi connectivity index (χ4n) is 1.58. The van der Waals surface area contributed by atoms with Crippen LogP contribution in [-0.2, 0) is 6.54 Å². The number of allylic oxidation sites excluding steroid dienone is 1. The highest BCUT2D eigenvalue weighted by atomic mass is 15.6. The van der Waals surface area contributed by atoms with Crippen LogP contribution in [0.1, 0.15) is 12.8 Å². The van der Waals surface area contributed by atoms with Gasteiger partial charge in [-0.3, -0.25) is 0 Å². The van der Waals surface area contributed by atoms with Gasteiger partial charge in [0, 0.05) is 13.1 Å². The molecule has 5 nitrogen and oxygen atoms in total. The first kappa shape index (κ1) is 8.22. The van der Waals surface area contributed by atoms with Crippen molar-refractivity contribution in [3.05, 3.63) is 12.7 Å². The van der Waals surface area contributed by atoms with Crippen molar-refractivity contribution in [3.63, 3.8) is 0 Å². The van der Waals surface area contributed by atoms with E-state index in [1.807, 2.05) is 0 Å². The van der Waals surface area contributed by atoms with Gasteiger partial charge in [-0.05, 0) is 23.3 Å². The zero-order chi connectivity index (χ0) is 9.10. The molecule has 1 saturated heterocycles. The summed E-state index contributed by atoms with van der Waals surface area (Å²) in [5, 5.41) is 11.5. The van der Waals surface area contributed by atoms with Gasteiger partial charge in [0.1, 0.15) is 0 Å². The van der Waals surface area contributed by atoms with E-state index < -0.39 is 0 Å². The van der Waals surface area contributed by atoms with Crippen LogP contribution in [0.4, 0.5) is 5.95 Å². The molecule has 13 heavy (non-hydrogen) atoms. The van der Waals surface area contributed by atoms with E-state index in [9.17, 15) is 0 Å². The van der Waals surface area contributed by atoms with Crippen molar-refractivity contribution < 1.29 is 0 Å². The summed E-state index contributed by atoms with van der Waals surface area (Å²) < 4.78 is 1.78. The Hall–Kier alpha value is -1.39. The first-order valence-corrected chi connectivity index (χ1v) is 4.54. The molecule has 1 aliphatic rings. The molecule has 1 aromatic heterocycles. The van der Waals surface area contributed by atoms with Gasteiger partial charge in [-0.1, -0.05) is 11.2 Å². The van der Waals surface area contributed by atoms with Crippen molar-refractivity contribution in [2.45, 2.75) is 19.4 Å². The monoisotopic (exact) mass is 179 g/mol. The van der Waals surface area contributed by atoms with Gasteiger partial charge in [0.15, 0.2) is 0 Å². The highest BCUT2D eigenvalue weighted by Crippen LogP contribution is 2.15. The smallest absolute Gasteiger partial charge is 0.245 e. The molecule has 0 radical (unpaired) electrons. The van der Waals surface area contributed by atoms with E-state index in [0.717, 1.165) is 19.0 Å². The standard InChI is InChI=1S/C8H13N5/c1-2-5-13-8(9-10-11-13)12-6-3-4-7-12/h2H,1,3-7H2. The Morgan fingerprint density at radius 1 is 1.38 bits per heavy atom. The molecule has 0 N–H and O–H groups in total. The summed E-state index contributed by atoms with van der Waals surface area (Å²) in [4.78, 5) is 2.21. The summed E-state index contributed by atoms with van der Waals surface area (Å²) in [5.41, 5.74) is 0. The van der Waals surface area contributed by atoms with Gasteiger partial charge in [0.2, 0.25) is 5.95 Å². The molecule has 1 fully saturated rings. The first-order chi connectivity index (χ1) is 6.42. The van der Waals surface area contributed by atoms with Crippen LogP contribution < -0.4 is 4.90 Å². The molecular weight excluding hydrogens is 166 g/mol. The zero-order valence-corrected chi connectivity index (χ0v) is 7.56. The number of aromatic nitrogens is 4. The minimum Gasteiger partial charge on any atom is -0.340 e. The molecule has 0 bridgehead atoms. The molecule has 1 aromatic rings. The van der Waals surface area contributed by atoms with Gasteiger partial charge in [-0.2, -0.15) is 0 Å². The van der Waals surface area contributed by atoms with Crippen LogP contribution in [0, 0.1) is 0 Å². The largest absolute Gasteiger partial charge is 0.340 e. The van der Waals surface area contributed by atoms with Crippen LogP contribution in [0.2, 0.25) is 0 Å². The average Bonchev–Trinajstić information content (AvgIpc) is 2.71. The van der Waals surface area contributed by atoms with E-state index in [1.165, 1.54) is 12.8 Å². The topological polar surface area (TPSA) is 46.8 Å². The Labute approximate surface area is 77.0 Å². The predicted octanol–water partition coefficient (Wildman–Crippen LogP) is 0.459. The maximum atomic E-state index is 4.00. The van der Waals surface area contributed by atoms with E-state index in [0.29, 0.717) is 6.54 Å². The van der Waals surface area contributed by atoms with Gasteiger partial charge in [-0.25, -0.2) is 4.68 Å². The molecule has 0 spiro atoms. The molecule has 0 unspecified atom stereocenters. The van der Waals surface area contributed by atoms with Gasteiger partial charge in [-0.15, -0.1) is 6.58 Å². The third kappa shape index (κ3) is 1.54. The molecular formula is C8H13N5. The van der Waals surface area contributed by atoms with E-state index in [2.05, 4.69) is 27.0 Å². The van der Waals surface area contributed by atoms with Crippen LogP contribution >= 0.6 is 0 Å². The Morgan fingerprint density at radius 3 is 2.85 bits per heavy atom. The summed E-state index contributed by atoms with van der Waals surface area (Å²) in [6.45, 7) is 6.48. The minimum atomic E-state index is 0.679. The highest BCUT2D eigenvalue weighted by Gasteiger charge is 2.17. The quantitative estimate of drug-likeness (QED) is 0.632. The summed E-state index contributed by atoms with van der Waals surface area (Å²) in [6.07, 6.45) is 4.28. The third-order valence-corrected chi connectivity index (χ3v) is 2.20. The van der Waals surface area contributed by atoms with Crippen molar-refractivity contribution in [3.8, 4) is 0 Å². The van der Waals surface area contributed by atoms with Crippen LogP contribution in [0.5, 0.6) is 0 Å². The summed E-state index contributed by atoms with van der Waals surface area (Å²) in [6, 6.07) is 0.